The minimum Gasteiger partial charge on any atom is -0.385 e. The van der Waals surface area contributed by atoms with E-state index in [1.165, 1.54) is 6.42 Å². The van der Waals surface area contributed by atoms with Crippen LogP contribution in [0.2, 0.25) is 0 Å². The number of rotatable bonds is 1. The molecule has 1 heterocycles. The zero-order valence-corrected chi connectivity index (χ0v) is 8.95. The maximum absolute atomic E-state index is 10.5. The van der Waals surface area contributed by atoms with Crippen LogP contribution < -0.4 is 0 Å². The normalized spacial score (nSPS) is 21.1. The Balaban J connectivity index is 2.32. The number of aliphatic hydroxyl groups is 1. The van der Waals surface area contributed by atoms with E-state index in [4.69, 9.17) is 0 Å². The lowest BCUT2D eigenvalue weighted by molar-refractivity contribution is -0.00122. The van der Waals surface area contributed by atoms with Crippen molar-refractivity contribution < 1.29 is 5.11 Å². The summed E-state index contributed by atoms with van der Waals surface area (Å²) in [6.07, 6.45) is 7.25. The average Bonchev–Trinajstić information content (AvgIpc) is 2.47. The molecule has 0 aromatic carbocycles. The summed E-state index contributed by atoms with van der Waals surface area (Å²) in [6, 6.07) is 0. The van der Waals surface area contributed by atoms with E-state index in [1.54, 1.807) is 4.68 Å². The molecule has 1 fully saturated rings. The van der Waals surface area contributed by atoms with Gasteiger partial charge >= 0.3 is 0 Å². The second-order valence-electron chi connectivity index (χ2n) is 4.39. The molecule has 0 amide bonds. The summed E-state index contributed by atoms with van der Waals surface area (Å²) in [5.41, 5.74) is 1.40. The standard InChI is InChI=1S/C11H18N2O/c1-9-10(8-13(2)12-9)11(14)6-4-3-5-7-11/h8,14H,3-7H2,1-2H3. The quantitative estimate of drug-likeness (QED) is 0.741. The molecule has 1 aromatic rings. The Hall–Kier alpha value is -0.830. The van der Waals surface area contributed by atoms with Crippen LogP contribution in [-0.4, -0.2) is 14.9 Å². The van der Waals surface area contributed by atoms with Gasteiger partial charge in [0.15, 0.2) is 0 Å². The fourth-order valence-corrected chi connectivity index (χ4v) is 2.46. The summed E-state index contributed by atoms with van der Waals surface area (Å²) < 4.78 is 1.79. The third-order valence-corrected chi connectivity index (χ3v) is 3.20. The number of aryl methyl sites for hydroxylation is 2. The first-order valence-corrected chi connectivity index (χ1v) is 5.35. The molecule has 0 bridgehead atoms. The lowest BCUT2D eigenvalue weighted by Crippen LogP contribution is -2.28. The highest BCUT2D eigenvalue weighted by Crippen LogP contribution is 2.37. The van der Waals surface area contributed by atoms with Gasteiger partial charge in [-0.15, -0.1) is 0 Å². The van der Waals surface area contributed by atoms with Crippen LogP contribution in [0.15, 0.2) is 6.20 Å². The molecule has 3 nitrogen and oxygen atoms in total. The summed E-state index contributed by atoms with van der Waals surface area (Å²) >= 11 is 0. The van der Waals surface area contributed by atoms with Gasteiger partial charge < -0.3 is 5.11 Å². The van der Waals surface area contributed by atoms with E-state index in [9.17, 15) is 5.11 Å². The number of aromatic nitrogens is 2. The second-order valence-corrected chi connectivity index (χ2v) is 4.39. The predicted octanol–water partition coefficient (Wildman–Crippen LogP) is 1.88. The third kappa shape index (κ3) is 1.57. The molecule has 1 aliphatic carbocycles. The molecule has 1 aromatic heterocycles. The lowest BCUT2D eigenvalue weighted by atomic mass is 9.80. The summed E-state index contributed by atoms with van der Waals surface area (Å²) in [4.78, 5) is 0. The van der Waals surface area contributed by atoms with Gasteiger partial charge in [0.05, 0.1) is 11.3 Å². The van der Waals surface area contributed by atoms with Gasteiger partial charge in [0, 0.05) is 18.8 Å². The monoisotopic (exact) mass is 194 g/mol. The van der Waals surface area contributed by atoms with Gasteiger partial charge in [-0.3, -0.25) is 4.68 Å². The molecular formula is C11H18N2O. The summed E-state index contributed by atoms with van der Waals surface area (Å²) in [6.45, 7) is 1.97. The van der Waals surface area contributed by atoms with E-state index >= 15 is 0 Å². The topological polar surface area (TPSA) is 38.0 Å². The Bertz CT molecular complexity index is 324. The minimum absolute atomic E-state index is 0.601. The van der Waals surface area contributed by atoms with Crippen molar-refractivity contribution in [3.05, 3.63) is 17.5 Å². The summed E-state index contributed by atoms with van der Waals surface area (Å²) in [7, 11) is 1.91. The first kappa shape index (κ1) is 9.71. The van der Waals surface area contributed by atoms with Crippen LogP contribution >= 0.6 is 0 Å². The van der Waals surface area contributed by atoms with E-state index in [0.29, 0.717) is 0 Å². The van der Waals surface area contributed by atoms with Gasteiger partial charge in [-0.05, 0) is 19.8 Å². The fourth-order valence-electron chi connectivity index (χ4n) is 2.46. The van der Waals surface area contributed by atoms with Gasteiger partial charge in [-0.1, -0.05) is 19.3 Å². The van der Waals surface area contributed by atoms with Crippen LogP contribution in [0.1, 0.15) is 43.4 Å². The molecule has 2 rings (SSSR count). The van der Waals surface area contributed by atoms with Crippen molar-refractivity contribution in [2.24, 2.45) is 7.05 Å². The molecule has 78 valence electrons. The van der Waals surface area contributed by atoms with E-state index < -0.39 is 5.60 Å². The Morgan fingerprint density at radius 2 is 2.00 bits per heavy atom. The number of hydrogen-bond acceptors (Lipinski definition) is 2. The van der Waals surface area contributed by atoms with Crippen LogP contribution in [-0.2, 0) is 12.6 Å². The summed E-state index contributed by atoms with van der Waals surface area (Å²) in [5.74, 6) is 0. The molecule has 0 radical (unpaired) electrons. The SMILES string of the molecule is Cc1nn(C)cc1C1(O)CCCCC1. The van der Waals surface area contributed by atoms with E-state index in [0.717, 1.165) is 36.9 Å². The zero-order valence-electron chi connectivity index (χ0n) is 8.95. The average molecular weight is 194 g/mol. The van der Waals surface area contributed by atoms with Gasteiger partial charge in [-0.25, -0.2) is 0 Å². The maximum atomic E-state index is 10.5. The van der Waals surface area contributed by atoms with Crippen LogP contribution in [0.25, 0.3) is 0 Å². The molecule has 1 N–H and O–H groups in total. The van der Waals surface area contributed by atoms with E-state index in [1.807, 2.05) is 20.2 Å². The molecule has 1 saturated carbocycles. The first-order valence-electron chi connectivity index (χ1n) is 5.35. The van der Waals surface area contributed by atoms with Crippen molar-refractivity contribution in [2.45, 2.75) is 44.6 Å². The molecule has 3 heteroatoms. The minimum atomic E-state index is -0.601. The number of hydrogen-bond donors (Lipinski definition) is 1. The maximum Gasteiger partial charge on any atom is 0.0929 e. The van der Waals surface area contributed by atoms with Crippen LogP contribution in [0.3, 0.4) is 0 Å². The molecule has 0 atom stereocenters. The number of nitrogens with zero attached hydrogens (tertiary/aromatic N) is 2. The van der Waals surface area contributed by atoms with Crippen molar-refractivity contribution in [1.29, 1.82) is 0 Å². The van der Waals surface area contributed by atoms with Crippen LogP contribution in [0.4, 0.5) is 0 Å². The van der Waals surface area contributed by atoms with Gasteiger partial charge in [0.1, 0.15) is 0 Å². The lowest BCUT2D eigenvalue weighted by Gasteiger charge is -2.31. The Kier molecular flexibility index (Phi) is 2.35. The predicted molar refractivity (Wildman–Crippen MR) is 54.9 cm³/mol. The molecule has 0 aliphatic heterocycles. The first-order chi connectivity index (χ1) is 6.62. The highest BCUT2D eigenvalue weighted by molar-refractivity contribution is 5.24. The molecule has 0 saturated heterocycles. The van der Waals surface area contributed by atoms with Gasteiger partial charge in [0.2, 0.25) is 0 Å². The Labute approximate surface area is 84.7 Å². The largest absolute Gasteiger partial charge is 0.385 e. The molecule has 1 aliphatic rings. The smallest absolute Gasteiger partial charge is 0.0929 e. The molecular weight excluding hydrogens is 176 g/mol. The van der Waals surface area contributed by atoms with Gasteiger partial charge in [0.25, 0.3) is 0 Å². The van der Waals surface area contributed by atoms with Crippen molar-refractivity contribution >= 4 is 0 Å². The third-order valence-electron chi connectivity index (χ3n) is 3.20. The van der Waals surface area contributed by atoms with Crippen LogP contribution in [0, 0.1) is 6.92 Å². The van der Waals surface area contributed by atoms with Crippen molar-refractivity contribution in [2.75, 3.05) is 0 Å². The second kappa shape index (κ2) is 3.39. The van der Waals surface area contributed by atoms with Crippen molar-refractivity contribution in [3.8, 4) is 0 Å². The van der Waals surface area contributed by atoms with Crippen molar-refractivity contribution in [3.63, 3.8) is 0 Å². The van der Waals surface area contributed by atoms with Crippen molar-refractivity contribution in [1.82, 2.24) is 9.78 Å². The Morgan fingerprint density at radius 1 is 1.36 bits per heavy atom. The Morgan fingerprint density at radius 3 is 2.50 bits per heavy atom. The van der Waals surface area contributed by atoms with Crippen LogP contribution in [0.5, 0.6) is 0 Å². The molecule has 14 heavy (non-hydrogen) atoms. The highest BCUT2D eigenvalue weighted by Gasteiger charge is 2.33. The molecule has 0 unspecified atom stereocenters. The highest BCUT2D eigenvalue weighted by atomic mass is 16.3. The summed E-state index contributed by atoms with van der Waals surface area (Å²) in [5, 5.41) is 14.8. The molecule has 0 spiro atoms. The fraction of sp³-hybridized carbons (Fsp3) is 0.727. The van der Waals surface area contributed by atoms with E-state index in [2.05, 4.69) is 5.10 Å². The zero-order chi connectivity index (χ0) is 10.2. The van der Waals surface area contributed by atoms with E-state index in [-0.39, 0.29) is 0 Å². The van der Waals surface area contributed by atoms with Gasteiger partial charge in [-0.2, -0.15) is 5.10 Å².